The summed E-state index contributed by atoms with van der Waals surface area (Å²) in [7, 11) is 12.5. The second-order valence-electron chi connectivity index (χ2n) is 15.4. The predicted molar refractivity (Wildman–Crippen MR) is 306 cm³/mol. The van der Waals surface area contributed by atoms with Gasteiger partial charge in [-0.25, -0.2) is 0 Å². The summed E-state index contributed by atoms with van der Waals surface area (Å²) < 4.78 is 55.5. The van der Waals surface area contributed by atoms with Crippen LogP contribution in [0.25, 0.3) is 0 Å². The van der Waals surface area contributed by atoms with Crippen molar-refractivity contribution in [3.05, 3.63) is 113 Å². The zero-order chi connectivity index (χ0) is 58.2. The Morgan fingerprint density at radius 1 is 0.364 bits per heavy atom. The fraction of sp³-hybridized carbons (Fsp3) is 0.378. The summed E-state index contributed by atoms with van der Waals surface area (Å²) >= 11 is 74.9. The van der Waals surface area contributed by atoms with Crippen molar-refractivity contribution in [2.45, 2.75) is 43.4 Å². The number of benzene rings is 4. The molecule has 4 heterocycles. The minimum atomic E-state index is -1.52. The maximum Gasteiger partial charge on any atom is 0.282 e. The fourth-order valence-electron chi connectivity index (χ4n) is 7.91. The van der Waals surface area contributed by atoms with Gasteiger partial charge in [-0.2, -0.15) is 0 Å². The lowest BCUT2D eigenvalue weighted by atomic mass is 10.1. The third-order valence-corrected chi connectivity index (χ3v) is 20.6. The van der Waals surface area contributed by atoms with Gasteiger partial charge in [0.25, 0.3) is 47.3 Å². The summed E-state index contributed by atoms with van der Waals surface area (Å²) in [6.45, 7) is 2.45. The first kappa shape index (κ1) is 66.7. The maximum absolute atomic E-state index is 12.3. The number of hydrogen-bond acceptors (Lipinski definition) is 14. The van der Waals surface area contributed by atoms with Gasteiger partial charge >= 0.3 is 0 Å². The summed E-state index contributed by atoms with van der Waals surface area (Å²) in [6.07, 6.45) is 1.78. The lowest BCUT2D eigenvalue weighted by Gasteiger charge is -2.27. The molecule has 8 rings (SSSR count). The van der Waals surface area contributed by atoms with Crippen LogP contribution < -0.4 is 30.7 Å². The van der Waals surface area contributed by atoms with Gasteiger partial charge in [-0.05, 0) is 70.1 Å². The minimum absolute atomic E-state index is 0.00883. The van der Waals surface area contributed by atoms with Crippen LogP contribution in [0.3, 0.4) is 0 Å². The standard InChI is InChI=1S/C14H16Cl3NO4.C11H10Cl3NO4.C10H7Br4NO3.C10H7Cl4NO3/c1-4-5-6-22-12-9(15)7-8(10(16)11(12)17)14(20-2,21-3)18-13(7)19;1-17-9-6(12)4-5(7(13)8(9)14)11(18-2,19-3)15-10(4)16;2*1-17-10(18-2)4-3(9(16)15-10)5(11)7(13)8(14)6(4)12/h4-6H2,1-3H3,(H,18,19);1-3H3,(H,15,16);2*1-2H3,(H,15,16). The number of fused-ring (bicyclic) bond motifs is 4. The van der Waals surface area contributed by atoms with Crippen molar-refractivity contribution in [3.8, 4) is 11.5 Å². The molecule has 4 aliphatic rings. The molecule has 0 unspecified atom stereocenters. The van der Waals surface area contributed by atoms with Crippen molar-refractivity contribution in [2.24, 2.45) is 0 Å². The van der Waals surface area contributed by atoms with Crippen LogP contribution in [0.2, 0.25) is 50.2 Å². The number of methoxy groups -OCH3 is 9. The summed E-state index contributed by atoms with van der Waals surface area (Å²) in [5.41, 5.74) is 2.14. The first-order valence-corrected chi connectivity index (χ1v) is 28.1. The van der Waals surface area contributed by atoms with E-state index in [9.17, 15) is 19.2 Å². The van der Waals surface area contributed by atoms with Gasteiger partial charge in [0, 0.05) is 74.8 Å². The number of unbranched alkanes of at least 4 members (excludes halogenated alkanes) is 1. The zero-order valence-electron chi connectivity index (χ0n) is 41.1. The number of halogens is 14. The molecule has 4 amide bonds. The van der Waals surface area contributed by atoms with Crippen LogP contribution in [0, 0.1) is 0 Å². The quantitative estimate of drug-likeness (QED) is 0.0425. The van der Waals surface area contributed by atoms with E-state index in [2.05, 4.69) is 85.0 Å². The number of carbonyl (C=O) groups is 4. The number of nitrogens with one attached hydrogen (secondary N) is 4. The van der Waals surface area contributed by atoms with Crippen LogP contribution in [0.4, 0.5) is 0 Å². The normalized spacial score (nSPS) is 16.3. The molecular formula is C45H40Br4Cl10N4O14. The highest BCUT2D eigenvalue weighted by molar-refractivity contribution is 9.15. The van der Waals surface area contributed by atoms with Crippen LogP contribution in [-0.2, 0) is 61.5 Å². The van der Waals surface area contributed by atoms with E-state index in [-0.39, 0.29) is 101 Å². The number of amides is 4. The number of hydrogen-bond donors (Lipinski definition) is 4. The fourth-order valence-corrected chi connectivity index (χ4v) is 13.4. The minimum Gasteiger partial charge on any atom is -0.494 e. The van der Waals surface area contributed by atoms with Crippen LogP contribution in [-0.4, -0.2) is 94.2 Å². The monoisotopic (exact) mass is 1530 g/mol. The van der Waals surface area contributed by atoms with E-state index >= 15 is 0 Å². The van der Waals surface area contributed by atoms with E-state index in [0.717, 1.165) is 21.8 Å². The van der Waals surface area contributed by atoms with Crippen molar-refractivity contribution in [2.75, 3.05) is 70.6 Å². The number of rotatable bonds is 13. The molecule has 422 valence electrons. The van der Waals surface area contributed by atoms with E-state index in [0.29, 0.717) is 26.7 Å². The van der Waals surface area contributed by atoms with Crippen LogP contribution in [0.15, 0.2) is 17.9 Å². The Labute approximate surface area is 524 Å². The van der Waals surface area contributed by atoms with Crippen molar-refractivity contribution >= 4 is 203 Å². The molecule has 0 saturated heterocycles. The van der Waals surface area contributed by atoms with Gasteiger partial charge in [0.15, 0.2) is 11.5 Å². The molecule has 0 saturated carbocycles. The van der Waals surface area contributed by atoms with E-state index < -0.39 is 41.4 Å². The smallest absolute Gasteiger partial charge is 0.282 e. The van der Waals surface area contributed by atoms with Crippen LogP contribution >= 0.6 is 180 Å². The molecule has 4 aliphatic heterocycles. The van der Waals surface area contributed by atoms with Crippen molar-refractivity contribution in [3.63, 3.8) is 0 Å². The summed E-state index contributed by atoms with van der Waals surface area (Å²) in [6, 6.07) is 0. The first-order valence-electron chi connectivity index (χ1n) is 21.2. The number of carbonyl (C=O) groups excluding carboxylic acids is 4. The average Bonchev–Trinajstić information content (AvgIpc) is 4.16. The molecule has 4 aromatic carbocycles. The molecule has 32 heteroatoms. The lowest BCUT2D eigenvalue weighted by Crippen LogP contribution is -2.43. The Balaban J connectivity index is 0.000000190. The highest BCUT2D eigenvalue weighted by Crippen LogP contribution is 2.53. The van der Waals surface area contributed by atoms with Crippen molar-refractivity contribution < 1.29 is 66.5 Å². The molecule has 4 aromatic rings. The Morgan fingerprint density at radius 2 is 0.662 bits per heavy atom. The third kappa shape index (κ3) is 11.5. The predicted octanol–water partition coefficient (Wildman–Crippen LogP) is 14.1. The molecule has 4 N–H and O–H groups in total. The Morgan fingerprint density at radius 3 is 1.03 bits per heavy atom. The van der Waals surface area contributed by atoms with Gasteiger partial charge in [0.05, 0.1) is 98.4 Å². The molecular weight excluding hydrogens is 1490 g/mol. The van der Waals surface area contributed by atoms with Crippen molar-refractivity contribution in [1.82, 2.24) is 21.3 Å². The topological polar surface area (TPSA) is 209 Å². The Kier molecular flexibility index (Phi) is 23.0. The van der Waals surface area contributed by atoms with Gasteiger partial charge in [-0.3, -0.25) is 40.4 Å². The van der Waals surface area contributed by atoms with Gasteiger partial charge in [0.1, 0.15) is 10.0 Å². The molecule has 18 nitrogen and oxygen atoms in total. The second-order valence-corrected chi connectivity index (χ2v) is 22.3. The van der Waals surface area contributed by atoms with E-state index in [1.165, 1.54) is 64.0 Å². The molecule has 0 radical (unpaired) electrons. The summed E-state index contributed by atoms with van der Waals surface area (Å²) in [5, 5.41) is 10.9. The number of ether oxygens (including phenoxy) is 10. The SMILES string of the molecule is CCCCOc1c(Cl)c(Cl)c2c(c1Cl)C(=O)NC2(OC)OC.COC1(OC)NC(=O)c2c(Br)c(Br)c(Br)c(Br)c21.COC1(OC)NC(=O)c2c(Cl)c(Cl)c(Cl)c(Cl)c21.COc1c(Cl)c(Cl)c2c(c1Cl)C(=O)NC2(OC)OC. The van der Waals surface area contributed by atoms with E-state index in [4.69, 9.17) is 163 Å². The highest BCUT2D eigenvalue weighted by atomic mass is 79.9. The van der Waals surface area contributed by atoms with Crippen molar-refractivity contribution in [1.29, 1.82) is 0 Å². The lowest BCUT2D eigenvalue weighted by molar-refractivity contribution is -0.225. The Hall–Kier alpha value is -1.14. The van der Waals surface area contributed by atoms with Gasteiger partial charge in [-0.15, -0.1) is 0 Å². The van der Waals surface area contributed by atoms with E-state index in [1.807, 2.05) is 6.92 Å². The molecule has 0 atom stereocenters. The first-order chi connectivity index (χ1) is 36.1. The molecule has 0 bridgehead atoms. The van der Waals surface area contributed by atoms with Crippen LogP contribution in [0.5, 0.6) is 11.5 Å². The highest BCUT2D eigenvalue weighted by Gasteiger charge is 2.52. The van der Waals surface area contributed by atoms with E-state index in [1.54, 1.807) is 0 Å². The Bertz CT molecular complexity index is 2960. The zero-order valence-corrected chi connectivity index (χ0v) is 55.0. The third-order valence-electron chi connectivity index (χ3n) is 11.7. The average molecular weight is 1530 g/mol. The molecule has 0 aromatic heterocycles. The summed E-state index contributed by atoms with van der Waals surface area (Å²) in [5.74, 6) is -7.22. The molecule has 0 aliphatic carbocycles. The van der Waals surface area contributed by atoms with Gasteiger partial charge in [0.2, 0.25) is 0 Å². The molecule has 0 fully saturated rings. The maximum atomic E-state index is 12.3. The second kappa shape index (κ2) is 26.6. The summed E-state index contributed by atoms with van der Waals surface area (Å²) in [4.78, 5) is 48.3. The van der Waals surface area contributed by atoms with Crippen LogP contribution in [0.1, 0.15) is 83.5 Å². The van der Waals surface area contributed by atoms with Gasteiger partial charge < -0.3 is 47.4 Å². The molecule has 77 heavy (non-hydrogen) atoms. The largest absolute Gasteiger partial charge is 0.494 e. The molecule has 0 spiro atoms. The van der Waals surface area contributed by atoms with Gasteiger partial charge in [-0.1, -0.05) is 129 Å².